The van der Waals surface area contributed by atoms with Gasteiger partial charge in [0.05, 0.1) is 14.1 Å². The average Bonchev–Trinajstić information content (AvgIpc) is 2.70. The molecule has 3 nitrogen and oxygen atoms in total. The highest BCUT2D eigenvalue weighted by Gasteiger charge is 2.11. The van der Waals surface area contributed by atoms with E-state index in [2.05, 4.69) is 48.8 Å². The molecule has 1 amide bonds. The van der Waals surface area contributed by atoms with Gasteiger partial charge in [0.1, 0.15) is 0 Å². The number of anilines is 1. The van der Waals surface area contributed by atoms with Gasteiger partial charge in [-0.15, -0.1) is 11.3 Å². The molecule has 7 heteroatoms. The van der Waals surface area contributed by atoms with E-state index < -0.39 is 0 Å². The second kappa shape index (κ2) is 5.64. The van der Waals surface area contributed by atoms with Gasteiger partial charge < -0.3 is 5.32 Å². The highest BCUT2D eigenvalue weighted by molar-refractivity contribution is 14.1. The van der Waals surface area contributed by atoms with Crippen LogP contribution in [0.15, 0.2) is 28.2 Å². The first kappa shape index (κ1) is 13.3. The van der Waals surface area contributed by atoms with E-state index in [0.717, 1.165) is 7.36 Å². The van der Waals surface area contributed by atoms with Crippen LogP contribution in [0.5, 0.6) is 0 Å². The van der Waals surface area contributed by atoms with E-state index in [1.807, 2.05) is 6.07 Å². The smallest absolute Gasteiger partial charge is 0.256 e. The van der Waals surface area contributed by atoms with Crippen LogP contribution in [0.2, 0.25) is 5.15 Å². The fourth-order valence-electron chi connectivity index (χ4n) is 1.13. The number of pyridine rings is 1. The predicted molar refractivity (Wildman–Crippen MR) is 81.9 cm³/mol. The SMILES string of the molecule is O=C(Nc1cc(Br)cnc1Cl)c1csc(I)c1. The largest absolute Gasteiger partial charge is 0.319 e. The second-order valence-electron chi connectivity index (χ2n) is 3.09. The third-order valence-electron chi connectivity index (χ3n) is 1.88. The van der Waals surface area contributed by atoms with E-state index in [0.29, 0.717) is 11.3 Å². The molecule has 0 fully saturated rings. The van der Waals surface area contributed by atoms with E-state index in [-0.39, 0.29) is 11.1 Å². The Kier molecular flexibility index (Phi) is 4.40. The molecule has 0 aliphatic carbocycles. The summed E-state index contributed by atoms with van der Waals surface area (Å²) in [6.07, 6.45) is 1.57. The maximum Gasteiger partial charge on any atom is 0.256 e. The Morgan fingerprint density at radius 2 is 2.29 bits per heavy atom. The summed E-state index contributed by atoms with van der Waals surface area (Å²) in [6.45, 7) is 0. The van der Waals surface area contributed by atoms with Gasteiger partial charge in [-0.05, 0) is 50.7 Å². The van der Waals surface area contributed by atoms with Crippen molar-refractivity contribution in [2.45, 2.75) is 0 Å². The van der Waals surface area contributed by atoms with Gasteiger partial charge in [0.2, 0.25) is 0 Å². The molecule has 0 saturated carbocycles. The van der Waals surface area contributed by atoms with Crippen LogP contribution in [-0.2, 0) is 0 Å². The molecule has 2 aromatic rings. The number of hydrogen-bond acceptors (Lipinski definition) is 3. The highest BCUT2D eigenvalue weighted by atomic mass is 127. The number of hydrogen-bond donors (Lipinski definition) is 1. The molecule has 0 radical (unpaired) electrons. The summed E-state index contributed by atoms with van der Waals surface area (Å²) in [5.41, 5.74) is 1.11. The number of amides is 1. The fourth-order valence-corrected chi connectivity index (χ4v) is 2.94. The Morgan fingerprint density at radius 3 is 2.94 bits per heavy atom. The summed E-state index contributed by atoms with van der Waals surface area (Å²) in [7, 11) is 0. The molecule has 0 aromatic carbocycles. The Bertz CT molecular complexity index is 575. The van der Waals surface area contributed by atoms with Crippen LogP contribution in [0.1, 0.15) is 10.4 Å². The lowest BCUT2D eigenvalue weighted by molar-refractivity contribution is 0.102. The third kappa shape index (κ3) is 3.40. The molecule has 0 aliphatic heterocycles. The Morgan fingerprint density at radius 1 is 1.53 bits per heavy atom. The van der Waals surface area contributed by atoms with Crippen LogP contribution >= 0.6 is 61.5 Å². The minimum absolute atomic E-state index is 0.189. The molecule has 0 saturated heterocycles. The van der Waals surface area contributed by atoms with Gasteiger partial charge in [0.25, 0.3) is 5.91 Å². The van der Waals surface area contributed by atoms with Crippen molar-refractivity contribution in [2.75, 3.05) is 5.32 Å². The van der Waals surface area contributed by atoms with Crippen molar-refractivity contribution < 1.29 is 4.79 Å². The van der Waals surface area contributed by atoms with Crippen LogP contribution in [-0.4, -0.2) is 10.9 Å². The van der Waals surface area contributed by atoms with Crippen LogP contribution in [0.3, 0.4) is 0 Å². The van der Waals surface area contributed by atoms with Crippen LogP contribution in [0, 0.1) is 2.88 Å². The summed E-state index contributed by atoms with van der Waals surface area (Å²) in [6, 6.07) is 3.53. The zero-order valence-corrected chi connectivity index (χ0v) is 13.5. The number of halogens is 3. The molecule has 0 atom stereocenters. The molecule has 1 N–H and O–H groups in total. The number of nitrogens with one attached hydrogen (secondary N) is 1. The normalized spacial score (nSPS) is 10.3. The lowest BCUT2D eigenvalue weighted by atomic mass is 10.3. The monoisotopic (exact) mass is 442 g/mol. The molecule has 2 aromatic heterocycles. The lowest BCUT2D eigenvalue weighted by Gasteiger charge is -2.05. The maximum absolute atomic E-state index is 11.9. The van der Waals surface area contributed by atoms with Crippen molar-refractivity contribution in [3.05, 3.63) is 41.8 Å². The molecule has 0 bridgehead atoms. The zero-order chi connectivity index (χ0) is 12.4. The summed E-state index contributed by atoms with van der Waals surface area (Å²) in [5.74, 6) is -0.189. The van der Waals surface area contributed by atoms with Gasteiger partial charge in [0.15, 0.2) is 5.15 Å². The average molecular weight is 443 g/mol. The van der Waals surface area contributed by atoms with E-state index in [9.17, 15) is 4.79 Å². The van der Waals surface area contributed by atoms with Gasteiger partial charge in [0, 0.05) is 16.0 Å². The molecular formula is C10H5BrClIN2OS. The third-order valence-corrected chi connectivity index (χ3v) is 4.41. The molecule has 0 unspecified atom stereocenters. The molecular weight excluding hydrogens is 438 g/mol. The minimum atomic E-state index is -0.189. The molecule has 88 valence electrons. The van der Waals surface area contributed by atoms with Crippen molar-refractivity contribution >= 4 is 73.1 Å². The summed E-state index contributed by atoms with van der Waals surface area (Å²) < 4.78 is 1.82. The van der Waals surface area contributed by atoms with Crippen molar-refractivity contribution in [2.24, 2.45) is 0 Å². The van der Waals surface area contributed by atoms with Crippen molar-refractivity contribution in [3.63, 3.8) is 0 Å². The Labute approximate surface area is 129 Å². The van der Waals surface area contributed by atoms with E-state index >= 15 is 0 Å². The number of thiophene rings is 1. The van der Waals surface area contributed by atoms with Crippen LogP contribution in [0.4, 0.5) is 5.69 Å². The predicted octanol–water partition coefficient (Wildman–Crippen LogP) is 4.42. The molecule has 0 spiro atoms. The topological polar surface area (TPSA) is 42.0 Å². The van der Waals surface area contributed by atoms with Gasteiger partial charge in [-0.1, -0.05) is 11.6 Å². The standard InChI is InChI=1S/C10H5BrClIN2OS/c11-6-2-7(9(12)14-3-6)15-10(16)5-1-8(13)17-4-5/h1-4H,(H,15,16). The maximum atomic E-state index is 11.9. The molecule has 2 heterocycles. The highest BCUT2D eigenvalue weighted by Crippen LogP contribution is 2.24. The van der Waals surface area contributed by atoms with Gasteiger partial charge in [-0.25, -0.2) is 4.98 Å². The Balaban J connectivity index is 2.21. The first-order valence-electron chi connectivity index (χ1n) is 4.42. The Hall–Kier alpha value is -0.180. The van der Waals surface area contributed by atoms with Gasteiger partial charge in [-0.2, -0.15) is 0 Å². The van der Waals surface area contributed by atoms with Gasteiger partial charge >= 0.3 is 0 Å². The summed E-state index contributed by atoms with van der Waals surface area (Å²) >= 11 is 12.9. The molecule has 0 aliphatic rings. The number of carbonyl (C=O) groups excluding carboxylic acids is 1. The first-order valence-corrected chi connectivity index (χ1v) is 7.55. The van der Waals surface area contributed by atoms with Crippen molar-refractivity contribution in [3.8, 4) is 0 Å². The second-order valence-corrected chi connectivity index (χ2v) is 7.16. The van der Waals surface area contributed by atoms with E-state index in [1.165, 1.54) is 11.3 Å². The van der Waals surface area contributed by atoms with Crippen molar-refractivity contribution in [1.29, 1.82) is 0 Å². The number of nitrogens with zero attached hydrogens (tertiary/aromatic N) is 1. The first-order chi connectivity index (χ1) is 8.06. The van der Waals surface area contributed by atoms with E-state index in [4.69, 9.17) is 11.6 Å². The number of aromatic nitrogens is 1. The summed E-state index contributed by atoms with van der Waals surface area (Å²) in [4.78, 5) is 15.8. The van der Waals surface area contributed by atoms with Crippen LogP contribution in [0.25, 0.3) is 0 Å². The number of carbonyl (C=O) groups is 1. The van der Waals surface area contributed by atoms with E-state index in [1.54, 1.807) is 17.6 Å². The van der Waals surface area contributed by atoms with Crippen molar-refractivity contribution in [1.82, 2.24) is 4.98 Å². The lowest BCUT2D eigenvalue weighted by Crippen LogP contribution is -2.11. The molecule has 17 heavy (non-hydrogen) atoms. The van der Waals surface area contributed by atoms with Crippen LogP contribution < -0.4 is 5.32 Å². The number of rotatable bonds is 2. The zero-order valence-electron chi connectivity index (χ0n) is 8.21. The quantitative estimate of drug-likeness (QED) is 0.552. The fraction of sp³-hybridized carbons (Fsp3) is 0. The van der Waals surface area contributed by atoms with Gasteiger partial charge in [-0.3, -0.25) is 4.79 Å². The summed E-state index contributed by atoms with van der Waals surface area (Å²) in [5, 5.41) is 4.79. The molecule has 2 rings (SSSR count). The minimum Gasteiger partial charge on any atom is -0.319 e.